The summed E-state index contributed by atoms with van der Waals surface area (Å²) < 4.78 is 26.3. The maximum absolute atomic E-state index is 12.7. The monoisotopic (exact) mass is 431 g/mol. The van der Waals surface area contributed by atoms with Crippen LogP contribution in [0.4, 0.5) is 5.69 Å². The Balaban J connectivity index is 1.88. The second-order valence-electron chi connectivity index (χ2n) is 6.29. The molecule has 3 rings (SSSR count). The van der Waals surface area contributed by atoms with Gasteiger partial charge in [0.15, 0.2) is 0 Å². The van der Waals surface area contributed by atoms with E-state index in [0.717, 1.165) is 24.3 Å². The normalized spacial score (nSPS) is 11.4. The number of nitro groups is 1. The molecule has 2 aromatic heterocycles. The molecule has 0 saturated carbocycles. The fourth-order valence-electron chi connectivity index (χ4n) is 2.75. The van der Waals surface area contributed by atoms with Crippen molar-refractivity contribution in [3.8, 4) is 0 Å². The molecule has 0 spiro atoms. The molecule has 2 heterocycles. The average Bonchev–Trinajstić information content (AvgIpc) is 2.72. The SMILES string of the molecule is CCn1cc(C(=O)NNS(=O)(=O)c2ccc([N+](=O)[O-])cc2)c(=O)c2ccc(C)nc21. The Morgan fingerprint density at radius 3 is 2.47 bits per heavy atom. The number of non-ortho nitro benzene ring substituents is 1. The molecule has 1 amide bonds. The van der Waals surface area contributed by atoms with Crippen LogP contribution in [0.1, 0.15) is 23.0 Å². The number of nitrogens with one attached hydrogen (secondary N) is 2. The van der Waals surface area contributed by atoms with E-state index in [-0.39, 0.29) is 21.5 Å². The number of benzene rings is 1. The Morgan fingerprint density at radius 2 is 1.87 bits per heavy atom. The third kappa shape index (κ3) is 4.04. The summed E-state index contributed by atoms with van der Waals surface area (Å²) in [6, 6.07) is 7.30. The molecule has 30 heavy (non-hydrogen) atoms. The highest BCUT2D eigenvalue weighted by Crippen LogP contribution is 2.15. The largest absolute Gasteiger partial charge is 0.332 e. The van der Waals surface area contributed by atoms with Crippen molar-refractivity contribution in [3.05, 3.63) is 74.2 Å². The first kappa shape index (κ1) is 21.1. The van der Waals surface area contributed by atoms with Crippen molar-refractivity contribution in [1.29, 1.82) is 0 Å². The van der Waals surface area contributed by atoms with E-state index in [1.807, 2.05) is 17.2 Å². The lowest BCUT2D eigenvalue weighted by molar-refractivity contribution is -0.384. The van der Waals surface area contributed by atoms with Gasteiger partial charge in [-0.15, -0.1) is 4.83 Å². The Morgan fingerprint density at radius 1 is 1.20 bits per heavy atom. The first-order valence-electron chi connectivity index (χ1n) is 8.71. The molecule has 0 aliphatic rings. The summed E-state index contributed by atoms with van der Waals surface area (Å²) >= 11 is 0. The van der Waals surface area contributed by atoms with Gasteiger partial charge in [-0.2, -0.15) is 0 Å². The van der Waals surface area contributed by atoms with Crippen LogP contribution in [0, 0.1) is 17.0 Å². The lowest BCUT2D eigenvalue weighted by atomic mass is 10.1. The van der Waals surface area contributed by atoms with Gasteiger partial charge in [0.25, 0.3) is 21.6 Å². The molecule has 11 nitrogen and oxygen atoms in total. The number of fused-ring (bicyclic) bond motifs is 1. The second-order valence-corrected chi connectivity index (χ2v) is 7.97. The molecule has 0 unspecified atom stereocenters. The van der Waals surface area contributed by atoms with Crippen molar-refractivity contribution in [2.75, 3.05) is 0 Å². The first-order chi connectivity index (χ1) is 14.1. The zero-order valence-electron chi connectivity index (χ0n) is 15.9. The fourth-order valence-corrected chi connectivity index (χ4v) is 3.59. The smallest absolute Gasteiger partial charge is 0.271 e. The molecular formula is C18H17N5O6S. The van der Waals surface area contributed by atoms with E-state index in [9.17, 15) is 28.1 Å². The summed E-state index contributed by atoms with van der Waals surface area (Å²) in [7, 11) is -4.21. The van der Waals surface area contributed by atoms with Crippen LogP contribution in [-0.4, -0.2) is 28.8 Å². The molecule has 0 bridgehead atoms. The molecule has 156 valence electrons. The van der Waals surface area contributed by atoms with Gasteiger partial charge in [0.1, 0.15) is 11.2 Å². The van der Waals surface area contributed by atoms with Gasteiger partial charge in [0, 0.05) is 30.6 Å². The van der Waals surface area contributed by atoms with Crippen LogP contribution in [-0.2, 0) is 16.6 Å². The first-order valence-corrected chi connectivity index (χ1v) is 10.2. The molecule has 3 aromatic rings. The molecule has 0 aliphatic heterocycles. The van der Waals surface area contributed by atoms with Gasteiger partial charge in [-0.25, -0.2) is 13.4 Å². The molecular weight excluding hydrogens is 414 g/mol. The summed E-state index contributed by atoms with van der Waals surface area (Å²) in [5.41, 5.74) is 2.00. The van der Waals surface area contributed by atoms with Crippen LogP contribution in [0.3, 0.4) is 0 Å². The van der Waals surface area contributed by atoms with E-state index >= 15 is 0 Å². The highest BCUT2D eigenvalue weighted by atomic mass is 32.2. The zero-order valence-corrected chi connectivity index (χ0v) is 16.8. The van der Waals surface area contributed by atoms with E-state index in [4.69, 9.17) is 0 Å². The van der Waals surface area contributed by atoms with Gasteiger partial charge in [0.05, 0.1) is 15.2 Å². The van der Waals surface area contributed by atoms with Gasteiger partial charge in [-0.1, -0.05) is 0 Å². The number of nitro benzene ring substituents is 1. The van der Waals surface area contributed by atoms with Crippen LogP contribution in [0.25, 0.3) is 11.0 Å². The maximum Gasteiger partial charge on any atom is 0.271 e. The molecule has 2 N–H and O–H groups in total. The number of aromatic nitrogens is 2. The minimum Gasteiger partial charge on any atom is -0.332 e. The van der Waals surface area contributed by atoms with Gasteiger partial charge >= 0.3 is 0 Å². The zero-order chi connectivity index (χ0) is 22.1. The number of hydrazine groups is 1. The third-order valence-electron chi connectivity index (χ3n) is 4.30. The summed E-state index contributed by atoms with van der Waals surface area (Å²) in [4.78, 5) is 41.1. The summed E-state index contributed by atoms with van der Waals surface area (Å²) in [5, 5.41) is 10.9. The summed E-state index contributed by atoms with van der Waals surface area (Å²) in [6.45, 7) is 4.02. The van der Waals surface area contributed by atoms with E-state index in [0.29, 0.717) is 17.9 Å². The number of hydrogen-bond acceptors (Lipinski definition) is 7. The van der Waals surface area contributed by atoms with Crippen molar-refractivity contribution < 1.29 is 18.1 Å². The van der Waals surface area contributed by atoms with Gasteiger partial charge < -0.3 is 4.57 Å². The lowest BCUT2D eigenvalue weighted by Crippen LogP contribution is -2.43. The number of amides is 1. The summed E-state index contributed by atoms with van der Waals surface area (Å²) in [5.74, 6) is -0.949. The van der Waals surface area contributed by atoms with E-state index < -0.39 is 26.3 Å². The van der Waals surface area contributed by atoms with Gasteiger partial charge in [0.2, 0.25) is 5.43 Å². The average molecular weight is 431 g/mol. The Kier molecular flexibility index (Phi) is 5.62. The number of aryl methyl sites for hydroxylation is 2. The minimum atomic E-state index is -4.21. The minimum absolute atomic E-state index is 0.230. The van der Waals surface area contributed by atoms with Gasteiger partial charge in [-0.3, -0.25) is 25.1 Å². The highest BCUT2D eigenvalue weighted by Gasteiger charge is 2.20. The molecule has 0 saturated heterocycles. The molecule has 0 atom stereocenters. The topological polar surface area (TPSA) is 153 Å². The lowest BCUT2D eigenvalue weighted by Gasteiger charge is -2.12. The Labute approximate surface area is 170 Å². The van der Waals surface area contributed by atoms with Crippen molar-refractivity contribution >= 4 is 32.7 Å². The van der Waals surface area contributed by atoms with E-state index in [1.165, 1.54) is 6.20 Å². The molecule has 1 aromatic carbocycles. The van der Waals surface area contributed by atoms with E-state index in [1.54, 1.807) is 23.6 Å². The van der Waals surface area contributed by atoms with Crippen molar-refractivity contribution in [3.63, 3.8) is 0 Å². The fraction of sp³-hybridized carbons (Fsp3) is 0.167. The van der Waals surface area contributed by atoms with Crippen LogP contribution in [0.2, 0.25) is 0 Å². The highest BCUT2D eigenvalue weighted by molar-refractivity contribution is 7.89. The number of hydrogen-bond donors (Lipinski definition) is 2. The van der Waals surface area contributed by atoms with Crippen molar-refractivity contribution in [1.82, 2.24) is 19.8 Å². The van der Waals surface area contributed by atoms with Crippen molar-refractivity contribution in [2.45, 2.75) is 25.3 Å². The molecule has 0 fully saturated rings. The number of sulfonamides is 1. The molecule has 12 heteroatoms. The maximum atomic E-state index is 12.7. The molecule has 0 aliphatic carbocycles. The Hall–Kier alpha value is -3.64. The standard InChI is InChI=1S/C18H17N5O6S/c1-3-22-10-15(16(24)14-9-4-11(2)19-17(14)22)18(25)20-21-30(28,29)13-7-5-12(6-8-13)23(26)27/h4-10,21H,3H2,1-2H3,(H,20,25). The van der Waals surface area contributed by atoms with E-state index in [2.05, 4.69) is 4.98 Å². The van der Waals surface area contributed by atoms with Crippen LogP contribution in [0.5, 0.6) is 0 Å². The Bertz CT molecular complexity index is 1320. The number of pyridine rings is 2. The van der Waals surface area contributed by atoms with Crippen LogP contribution in [0.15, 0.2) is 52.3 Å². The van der Waals surface area contributed by atoms with Crippen molar-refractivity contribution in [2.24, 2.45) is 0 Å². The number of nitrogens with zero attached hydrogens (tertiary/aromatic N) is 3. The second kappa shape index (κ2) is 8.00. The molecule has 0 radical (unpaired) electrons. The predicted octanol–water partition coefficient (Wildman–Crippen LogP) is 1.26. The number of rotatable bonds is 6. The number of carbonyl (C=O) groups is 1. The summed E-state index contributed by atoms with van der Waals surface area (Å²) in [6.07, 6.45) is 1.31. The predicted molar refractivity (Wildman–Crippen MR) is 107 cm³/mol. The third-order valence-corrected chi connectivity index (χ3v) is 5.57. The van der Waals surface area contributed by atoms with Crippen LogP contribution >= 0.6 is 0 Å². The quantitative estimate of drug-likeness (QED) is 0.440. The number of carbonyl (C=O) groups excluding carboxylic acids is 1. The van der Waals surface area contributed by atoms with Crippen LogP contribution < -0.4 is 15.7 Å². The van der Waals surface area contributed by atoms with Gasteiger partial charge in [-0.05, 0) is 38.1 Å².